The number of alkyl halides is 6. The number of hydrogen-bond acceptors (Lipinski definition) is 2. The molecule has 0 unspecified atom stereocenters. The molecule has 0 fully saturated rings. The standard InChI is InChI=1S/C36H18F6S2/c37-35(38,39)23-9-7-21-16-30-29(31(27(21)17-23)25-5-1-3-19-11-13-43-33(19)25)15-22-8-10-24(36(40,41)42)18-28(22)32(30)26-6-2-4-20-12-14-44-34(20)26/h1-18H. The Balaban J connectivity index is 1.63. The van der Waals surface area contributed by atoms with Crippen LogP contribution < -0.4 is 0 Å². The zero-order valence-corrected chi connectivity index (χ0v) is 24.1. The van der Waals surface area contributed by atoms with E-state index in [4.69, 9.17) is 0 Å². The third kappa shape index (κ3) is 4.19. The van der Waals surface area contributed by atoms with Crippen molar-refractivity contribution in [2.45, 2.75) is 12.4 Å². The summed E-state index contributed by atoms with van der Waals surface area (Å²) in [6.07, 6.45) is -9.10. The lowest BCUT2D eigenvalue weighted by atomic mass is 9.84. The van der Waals surface area contributed by atoms with Gasteiger partial charge in [-0.1, -0.05) is 48.5 Å². The molecular formula is C36H18F6S2. The quantitative estimate of drug-likeness (QED) is 0.132. The molecule has 0 nitrogen and oxygen atoms in total. The molecular weight excluding hydrogens is 611 g/mol. The van der Waals surface area contributed by atoms with Crippen LogP contribution in [0.3, 0.4) is 0 Å². The van der Waals surface area contributed by atoms with Crippen LogP contribution in [-0.2, 0) is 12.4 Å². The Morgan fingerprint density at radius 1 is 0.409 bits per heavy atom. The summed E-state index contributed by atoms with van der Waals surface area (Å²) < 4.78 is 86.0. The van der Waals surface area contributed by atoms with Gasteiger partial charge in [0.05, 0.1) is 11.1 Å². The van der Waals surface area contributed by atoms with Gasteiger partial charge in [0, 0.05) is 20.5 Å². The predicted octanol–water partition coefficient (Wildman–Crippen LogP) is 12.9. The van der Waals surface area contributed by atoms with Crippen molar-refractivity contribution in [3.63, 3.8) is 0 Å². The average Bonchev–Trinajstić information content (AvgIpc) is 3.67. The third-order valence-corrected chi connectivity index (χ3v) is 10.2. The molecule has 8 heteroatoms. The Kier molecular flexibility index (Phi) is 5.90. The van der Waals surface area contributed by atoms with E-state index in [2.05, 4.69) is 0 Å². The minimum atomic E-state index is -4.55. The summed E-state index contributed by atoms with van der Waals surface area (Å²) in [5.74, 6) is 0. The van der Waals surface area contributed by atoms with Gasteiger partial charge in [-0.15, -0.1) is 22.7 Å². The molecule has 0 radical (unpaired) electrons. The number of thiophene rings is 2. The number of hydrogen-bond donors (Lipinski definition) is 0. The van der Waals surface area contributed by atoms with Crippen LogP contribution in [-0.4, -0.2) is 0 Å². The van der Waals surface area contributed by atoms with Gasteiger partial charge < -0.3 is 0 Å². The lowest BCUT2D eigenvalue weighted by Crippen LogP contribution is -2.05. The largest absolute Gasteiger partial charge is 0.416 e. The van der Waals surface area contributed by atoms with Crippen molar-refractivity contribution < 1.29 is 26.3 Å². The van der Waals surface area contributed by atoms with Gasteiger partial charge in [-0.25, -0.2) is 0 Å². The molecule has 6 aromatic carbocycles. The maximum absolute atomic E-state index is 14.0. The molecule has 0 aliphatic carbocycles. The Morgan fingerprint density at radius 2 is 0.841 bits per heavy atom. The molecule has 2 heterocycles. The molecule has 0 saturated heterocycles. The lowest BCUT2D eigenvalue weighted by molar-refractivity contribution is -0.138. The molecule has 0 saturated carbocycles. The fraction of sp³-hybridized carbons (Fsp3) is 0.0556. The third-order valence-electron chi connectivity index (χ3n) is 8.23. The van der Waals surface area contributed by atoms with Crippen LogP contribution in [0.15, 0.2) is 108 Å². The summed E-state index contributed by atoms with van der Waals surface area (Å²) in [5, 5.41) is 9.16. The molecule has 0 aliphatic rings. The van der Waals surface area contributed by atoms with Crippen LogP contribution >= 0.6 is 22.7 Å². The zero-order valence-electron chi connectivity index (χ0n) is 22.5. The smallest absolute Gasteiger partial charge is 0.166 e. The summed E-state index contributed by atoms with van der Waals surface area (Å²) in [6.45, 7) is 0. The Bertz CT molecular complexity index is 2250. The predicted molar refractivity (Wildman–Crippen MR) is 171 cm³/mol. The van der Waals surface area contributed by atoms with Crippen molar-refractivity contribution >= 4 is 75.2 Å². The van der Waals surface area contributed by atoms with Gasteiger partial charge in [0.15, 0.2) is 0 Å². The van der Waals surface area contributed by atoms with E-state index < -0.39 is 23.5 Å². The molecule has 0 amide bonds. The van der Waals surface area contributed by atoms with Crippen LogP contribution in [0, 0.1) is 0 Å². The fourth-order valence-electron chi connectivity index (χ4n) is 6.28. The highest BCUT2D eigenvalue weighted by Crippen LogP contribution is 2.49. The van der Waals surface area contributed by atoms with Gasteiger partial charge >= 0.3 is 12.4 Å². The second kappa shape index (κ2) is 9.55. The van der Waals surface area contributed by atoms with E-state index in [0.717, 1.165) is 43.4 Å². The Labute approximate surface area is 254 Å². The minimum Gasteiger partial charge on any atom is -0.166 e. The monoisotopic (exact) mass is 628 g/mol. The van der Waals surface area contributed by atoms with Crippen molar-refractivity contribution in [2.24, 2.45) is 0 Å². The van der Waals surface area contributed by atoms with Gasteiger partial charge in [0.1, 0.15) is 0 Å². The first-order valence-corrected chi connectivity index (χ1v) is 15.4. The van der Waals surface area contributed by atoms with Crippen molar-refractivity contribution in [3.05, 3.63) is 119 Å². The highest BCUT2D eigenvalue weighted by Gasteiger charge is 2.32. The van der Waals surface area contributed by atoms with E-state index in [9.17, 15) is 26.3 Å². The first-order valence-electron chi connectivity index (χ1n) is 13.6. The molecule has 0 bridgehead atoms. The maximum atomic E-state index is 14.0. The minimum absolute atomic E-state index is 0.430. The molecule has 216 valence electrons. The van der Waals surface area contributed by atoms with Gasteiger partial charge in [0.25, 0.3) is 0 Å². The second-order valence-electron chi connectivity index (χ2n) is 10.8. The van der Waals surface area contributed by atoms with Gasteiger partial charge in [0.2, 0.25) is 0 Å². The first-order chi connectivity index (χ1) is 21.1. The van der Waals surface area contributed by atoms with Crippen LogP contribution in [0.4, 0.5) is 26.3 Å². The molecule has 0 spiro atoms. The van der Waals surface area contributed by atoms with E-state index in [-0.39, 0.29) is 0 Å². The Morgan fingerprint density at radius 3 is 1.25 bits per heavy atom. The highest BCUT2D eigenvalue weighted by molar-refractivity contribution is 7.18. The van der Waals surface area contributed by atoms with Gasteiger partial charge in [-0.05, 0) is 114 Å². The van der Waals surface area contributed by atoms with Crippen LogP contribution in [0.25, 0.3) is 74.7 Å². The van der Waals surface area contributed by atoms with Gasteiger partial charge in [-0.3, -0.25) is 0 Å². The molecule has 8 aromatic rings. The number of halogens is 6. The normalized spacial score (nSPS) is 12.8. The molecule has 0 aliphatic heterocycles. The van der Waals surface area contributed by atoms with Crippen molar-refractivity contribution in [1.82, 2.24) is 0 Å². The fourth-order valence-corrected chi connectivity index (χ4v) is 8.12. The summed E-state index contributed by atoms with van der Waals surface area (Å²) in [4.78, 5) is 0. The van der Waals surface area contributed by atoms with E-state index in [1.54, 1.807) is 0 Å². The van der Waals surface area contributed by atoms with Crippen molar-refractivity contribution in [1.29, 1.82) is 0 Å². The topological polar surface area (TPSA) is 0 Å². The van der Waals surface area contributed by atoms with E-state index in [1.165, 1.54) is 46.9 Å². The lowest BCUT2D eigenvalue weighted by Gasteiger charge is -2.20. The first kappa shape index (κ1) is 27.2. The highest BCUT2D eigenvalue weighted by atomic mass is 32.1. The summed E-state index contributed by atoms with van der Waals surface area (Å²) in [7, 11) is 0. The molecule has 0 atom stereocenters. The van der Waals surface area contributed by atoms with Gasteiger partial charge in [-0.2, -0.15) is 26.3 Å². The summed E-state index contributed by atoms with van der Waals surface area (Å²) in [6, 6.07) is 26.5. The molecule has 0 N–H and O–H groups in total. The summed E-state index contributed by atoms with van der Waals surface area (Å²) >= 11 is 3.00. The van der Waals surface area contributed by atoms with E-state index in [0.29, 0.717) is 43.4 Å². The Hall–Kier alpha value is -4.40. The zero-order chi connectivity index (χ0) is 30.4. The van der Waals surface area contributed by atoms with Crippen LogP contribution in [0.5, 0.6) is 0 Å². The van der Waals surface area contributed by atoms with Crippen LogP contribution in [0.1, 0.15) is 11.1 Å². The van der Waals surface area contributed by atoms with Crippen molar-refractivity contribution in [2.75, 3.05) is 0 Å². The number of rotatable bonds is 2. The average molecular weight is 629 g/mol. The molecule has 2 aromatic heterocycles. The molecule has 8 rings (SSSR count). The van der Waals surface area contributed by atoms with Crippen LogP contribution in [0.2, 0.25) is 0 Å². The van der Waals surface area contributed by atoms with E-state index >= 15 is 0 Å². The summed E-state index contributed by atoms with van der Waals surface area (Å²) in [5.41, 5.74) is 1.28. The van der Waals surface area contributed by atoms with E-state index in [1.807, 2.05) is 71.4 Å². The second-order valence-corrected chi connectivity index (χ2v) is 12.6. The molecule has 44 heavy (non-hydrogen) atoms. The number of benzene rings is 6. The SMILES string of the molecule is FC(F)(F)c1ccc2cc3c(-c4cccc5ccsc45)c4cc(C(F)(F)F)ccc4cc3c(-c3cccc4ccsc34)c2c1. The number of fused-ring (bicyclic) bond motifs is 5. The maximum Gasteiger partial charge on any atom is 0.416 e. The van der Waals surface area contributed by atoms with Crippen molar-refractivity contribution in [3.8, 4) is 22.3 Å².